The second-order valence-corrected chi connectivity index (χ2v) is 5.28. The van der Waals surface area contributed by atoms with Gasteiger partial charge in [-0.25, -0.2) is 4.79 Å². The van der Waals surface area contributed by atoms with E-state index in [1.54, 1.807) is 13.2 Å². The number of nitrogens with one attached hydrogen (secondary N) is 2. The van der Waals surface area contributed by atoms with E-state index in [0.29, 0.717) is 17.9 Å². The quantitative estimate of drug-likeness (QED) is 0.724. The predicted molar refractivity (Wildman–Crippen MR) is 80.2 cm³/mol. The standard InChI is InChI=1S/C14H20N2O4S/c1-20-12-6-4-3-5-10(12)9-15-14(19)16-11(13(17)18)7-8-21-2/h3-6,11H,7-9H2,1-2H3,(H,17,18)(H2,15,16,19)/p-1/t11-/m0/s1. The number of ether oxygens (including phenoxy) is 1. The number of amides is 2. The molecule has 0 saturated heterocycles. The van der Waals surface area contributed by atoms with Crippen molar-refractivity contribution >= 4 is 23.8 Å². The molecule has 1 aromatic rings. The number of urea groups is 1. The van der Waals surface area contributed by atoms with Crippen LogP contribution in [0.2, 0.25) is 0 Å². The zero-order chi connectivity index (χ0) is 15.7. The van der Waals surface area contributed by atoms with Gasteiger partial charge in [-0.2, -0.15) is 11.8 Å². The molecule has 2 N–H and O–H groups in total. The van der Waals surface area contributed by atoms with Crippen LogP contribution in [-0.2, 0) is 11.3 Å². The molecule has 116 valence electrons. The Balaban J connectivity index is 2.50. The maximum atomic E-state index is 11.7. The highest BCUT2D eigenvalue weighted by atomic mass is 32.2. The fraction of sp³-hybridized carbons (Fsp3) is 0.429. The third kappa shape index (κ3) is 5.95. The Kier molecular flexibility index (Phi) is 7.45. The minimum absolute atomic E-state index is 0.248. The number of hydrogen-bond donors (Lipinski definition) is 2. The fourth-order valence-electron chi connectivity index (χ4n) is 1.72. The third-order valence-corrected chi connectivity index (χ3v) is 3.48. The van der Waals surface area contributed by atoms with E-state index in [9.17, 15) is 14.7 Å². The van der Waals surface area contributed by atoms with Gasteiger partial charge >= 0.3 is 6.03 Å². The Morgan fingerprint density at radius 1 is 1.38 bits per heavy atom. The van der Waals surface area contributed by atoms with Crippen molar-refractivity contribution in [3.63, 3.8) is 0 Å². The number of benzene rings is 1. The third-order valence-electron chi connectivity index (χ3n) is 2.83. The molecule has 2 amide bonds. The lowest BCUT2D eigenvalue weighted by atomic mass is 10.2. The summed E-state index contributed by atoms with van der Waals surface area (Å²) in [6.45, 7) is 0.248. The van der Waals surface area contributed by atoms with E-state index in [2.05, 4.69) is 10.6 Å². The Labute approximate surface area is 128 Å². The van der Waals surface area contributed by atoms with Gasteiger partial charge in [-0.1, -0.05) is 18.2 Å². The molecule has 0 heterocycles. The van der Waals surface area contributed by atoms with Gasteiger partial charge in [0, 0.05) is 12.1 Å². The highest BCUT2D eigenvalue weighted by Crippen LogP contribution is 2.16. The summed E-state index contributed by atoms with van der Waals surface area (Å²) in [5.41, 5.74) is 0.810. The first-order valence-corrected chi connectivity index (χ1v) is 7.84. The number of rotatable bonds is 8. The van der Waals surface area contributed by atoms with Gasteiger partial charge < -0.3 is 25.3 Å². The molecule has 0 bridgehead atoms. The summed E-state index contributed by atoms with van der Waals surface area (Å²) in [6, 6.07) is 5.74. The van der Waals surface area contributed by atoms with Crippen LogP contribution in [0, 0.1) is 0 Å². The largest absolute Gasteiger partial charge is 0.548 e. The molecule has 6 nitrogen and oxygen atoms in total. The molecule has 0 aliphatic heterocycles. The number of carboxylic acid groups (broad SMARTS) is 1. The molecule has 1 atom stereocenters. The van der Waals surface area contributed by atoms with Crippen LogP contribution in [0.4, 0.5) is 4.79 Å². The summed E-state index contributed by atoms with van der Waals surface area (Å²) in [5, 5.41) is 15.9. The van der Waals surface area contributed by atoms with Crippen molar-refractivity contribution in [1.29, 1.82) is 0 Å². The van der Waals surface area contributed by atoms with Crippen molar-refractivity contribution in [1.82, 2.24) is 10.6 Å². The van der Waals surface area contributed by atoms with E-state index in [-0.39, 0.29) is 6.54 Å². The first-order valence-electron chi connectivity index (χ1n) is 6.44. The van der Waals surface area contributed by atoms with Crippen molar-refractivity contribution in [2.45, 2.75) is 19.0 Å². The second-order valence-electron chi connectivity index (χ2n) is 4.29. The van der Waals surface area contributed by atoms with Gasteiger partial charge in [0.1, 0.15) is 5.75 Å². The summed E-state index contributed by atoms with van der Waals surface area (Å²) in [4.78, 5) is 22.7. The molecule has 0 unspecified atom stereocenters. The van der Waals surface area contributed by atoms with Crippen LogP contribution in [0.5, 0.6) is 5.75 Å². The first-order chi connectivity index (χ1) is 10.1. The van der Waals surface area contributed by atoms with Crippen molar-refractivity contribution in [2.24, 2.45) is 0 Å². The fourth-order valence-corrected chi connectivity index (χ4v) is 2.19. The van der Waals surface area contributed by atoms with Crippen molar-refractivity contribution in [3.8, 4) is 5.75 Å². The summed E-state index contributed by atoms with van der Waals surface area (Å²) in [6.07, 6.45) is 2.19. The molecular formula is C14H19N2O4S-. The summed E-state index contributed by atoms with van der Waals surface area (Å²) in [7, 11) is 1.55. The lowest BCUT2D eigenvalue weighted by Crippen LogP contribution is -2.51. The van der Waals surface area contributed by atoms with Gasteiger partial charge in [-0.15, -0.1) is 0 Å². The maximum Gasteiger partial charge on any atom is 0.315 e. The van der Waals surface area contributed by atoms with Crippen molar-refractivity contribution in [2.75, 3.05) is 19.1 Å². The van der Waals surface area contributed by atoms with Crippen molar-refractivity contribution < 1.29 is 19.4 Å². The van der Waals surface area contributed by atoms with Crippen LogP contribution in [0.25, 0.3) is 0 Å². The van der Waals surface area contributed by atoms with Gasteiger partial charge in [-0.05, 0) is 24.5 Å². The zero-order valence-corrected chi connectivity index (χ0v) is 12.9. The minimum Gasteiger partial charge on any atom is -0.548 e. The molecule has 1 rings (SSSR count). The molecule has 0 aliphatic rings. The second kappa shape index (κ2) is 9.12. The molecule has 1 aromatic carbocycles. The van der Waals surface area contributed by atoms with E-state index in [1.165, 1.54) is 11.8 Å². The molecule has 0 fully saturated rings. The number of methoxy groups -OCH3 is 1. The number of carboxylic acids is 1. The molecule has 0 aromatic heterocycles. The number of hydrogen-bond acceptors (Lipinski definition) is 5. The van der Waals surface area contributed by atoms with Gasteiger partial charge in [0.2, 0.25) is 0 Å². The average Bonchev–Trinajstić information content (AvgIpc) is 2.49. The smallest absolute Gasteiger partial charge is 0.315 e. The first kappa shape index (κ1) is 17.2. The molecule has 0 radical (unpaired) electrons. The van der Waals surface area contributed by atoms with Gasteiger partial charge in [-0.3, -0.25) is 0 Å². The van der Waals surface area contributed by atoms with Crippen LogP contribution in [0.1, 0.15) is 12.0 Å². The Hall–Kier alpha value is -1.89. The van der Waals surface area contributed by atoms with Crippen LogP contribution >= 0.6 is 11.8 Å². The van der Waals surface area contributed by atoms with Gasteiger partial charge in [0.15, 0.2) is 0 Å². The number of para-hydroxylation sites is 1. The van der Waals surface area contributed by atoms with E-state index >= 15 is 0 Å². The molecule has 7 heteroatoms. The molecule has 21 heavy (non-hydrogen) atoms. The number of thioether (sulfide) groups is 1. The van der Waals surface area contributed by atoms with Gasteiger partial charge in [0.25, 0.3) is 0 Å². The summed E-state index contributed by atoms with van der Waals surface area (Å²) >= 11 is 1.51. The molecule has 0 aliphatic carbocycles. The number of carbonyl (C=O) groups excluding carboxylic acids is 2. The van der Waals surface area contributed by atoms with E-state index in [1.807, 2.05) is 24.5 Å². The van der Waals surface area contributed by atoms with E-state index in [0.717, 1.165) is 5.56 Å². The van der Waals surface area contributed by atoms with Crippen LogP contribution in [-0.4, -0.2) is 37.2 Å². The van der Waals surface area contributed by atoms with Crippen molar-refractivity contribution in [3.05, 3.63) is 29.8 Å². The Morgan fingerprint density at radius 2 is 2.10 bits per heavy atom. The lowest BCUT2D eigenvalue weighted by Gasteiger charge is -2.19. The molecular weight excluding hydrogens is 292 g/mol. The number of carbonyl (C=O) groups is 2. The summed E-state index contributed by atoms with van der Waals surface area (Å²) < 4.78 is 5.17. The van der Waals surface area contributed by atoms with Crippen LogP contribution in [0.15, 0.2) is 24.3 Å². The monoisotopic (exact) mass is 311 g/mol. The van der Waals surface area contributed by atoms with E-state index in [4.69, 9.17) is 4.74 Å². The minimum atomic E-state index is -1.28. The maximum absolute atomic E-state index is 11.7. The predicted octanol–water partition coefficient (Wildman–Crippen LogP) is 0.366. The normalized spacial score (nSPS) is 11.5. The SMILES string of the molecule is COc1ccccc1CNC(=O)N[C@@H](CCSC)C(=O)[O-]. The summed E-state index contributed by atoms with van der Waals surface area (Å²) in [5.74, 6) is 0.0129. The van der Waals surface area contributed by atoms with Gasteiger partial charge in [0.05, 0.1) is 19.1 Å². The van der Waals surface area contributed by atoms with Crippen LogP contribution < -0.4 is 20.5 Å². The topological polar surface area (TPSA) is 90.5 Å². The molecule has 0 spiro atoms. The lowest BCUT2D eigenvalue weighted by molar-refractivity contribution is -0.308. The van der Waals surface area contributed by atoms with Crippen LogP contribution in [0.3, 0.4) is 0 Å². The Morgan fingerprint density at radius 3 is 2.71 bits per heavy atom. The Bertz CT molecular complexity index is 482. The number of aliphatic carboxylic acids is 1. The average molecular weight is 311 g/mol. The molecule has 0 saturated carbocycles. The highest BCUT2D eigenvalue weighted by molar-refractivity contribution is 7.98. The van der Waals surface area contributed by atoms with E-state index < -0.39 is 18.0 Å². The zero-order valence-electron chi connectivity index (χ0n) is 12.0. The highest BCUT2D eigenvalue weighted by Gasteiger charge is 2.13.